The molecule has 1 aliphatic rings. The number of furan rings is 1. The molecule has 0 saturated heterocycles. The van der Waals surface area contributed by atoms with Crippen molar-refractivity contribution in [1.29, 1.82) is 0 Å². The molecule has 0 spiro atoms. The number of benzene rings is 2. The quantitative estimate of drug-likeness (QED) is 0.646. The second-order valence-electron chi connectivity index (χ2n) is 7.63. The van der Waals surface area contributed by atoms with E-state index in [0.29, 0.717) is 18.7 Å². The Hall–Kier alpha value is -3.34. The zero-order valence-electron chi connectivity index (χ0n) is 16.7. The van der Waals surface area contributed by atoms with Crippen molar-refractivity contribution in [2.75, 3.05) is 19.0 Å². The summed E-state index contributed by atoms with van der Waals surface area (Å²) < 4.78 is 5.37. The molecule has 5 nitrogen and oxygen atoms in total. The van der Waals surface area contributed by atoms with Crippen molar-refractivity contribution < 1.29 is 14.0 Å². The van der Waals surface area contributed by atoms with Crippen LogP contribution in [0.25, 0.3) is 0 Å². The predicted molar refractivity (Wildman–Crippen MR) is 111 cm³/mol. The average Bonchev–Trinajstić information content (AvgIpc) is 3.31. The minimum absolute atomic E-state index is 0.0395. The fraction of sp³-hybridized carbons (Fsp3) is 0.250. The van der Waals surface area contributed by atoms with Crippen LogP contribution in [-0.2, 0) is 28.0 Å². The third-order valence-corrected chi connectivity index (χ3v) is 5.70. The Labute approximate surface area is 170 Å². The van der Waals surface area contributed by atoms with Gasteiger partial charge >= 0.3 is 0 Å². The number of hydrogen-bond acceptors (Lipinski definition) is 3. The highest BCUT2D eigenvalue weighted by Gasteiger charge is 2.51. The van der Waals surface area contributed by atoms with Gasteiger partial charge in [-0.25, -0.2) is 0 Å². The number of para-hydroxylation sites is 1. The number of nitrogens with zero attached hydrogens (tertiary/aromatic N) is 2. The summed E-state index contributed by atoms with van der Waals surface area (Å²) in [6, 6.07) is 21.3. The lowest BCUT2D eigenvalue weighted by atomic mass is 9.73. The summed E-state index contributed by atoms with van der Waals surface area (Å²) in [5, 5.41) is 0. The summed E-state index contributed by atoms with van der Waals surface area (Å²) in [6.45, 7) is 0.374. The lowest BCUT2D eigenvalue weighted by Crippen LogP contribution is -2.44. The number of hydrogen-bond donors (Lipinski definition) is 0. The zero-order valence-corrected chi connectivity index (χ0v) is 16.7. The Morgan fingerprint density at radius 1 is 1.03 bits per heavy atom. The van der Waals surface area contributed by atoms with E-state index in [2.05, 4.69) is 0 Å². The second-order valence-corrected chi connectivity index (χ2v) is 7.63. The van der Waals surface area contributed by atoms with Crippen molar-refractivity contribution in [1.82, 2.24) is 4.90 Å². The van der Waals surface area contributed by atoms with Crippen LogP contribution in [0.15, 0.2) is 77.4 Å². The highest BCUT2D eigenvalue weighted by Crippen LogP contribution is 2.45. The van der Waals surface area contributed by atoms with Gasteiger partial charge in [-0.15, -0.1) is 0 Å². The Morgan fingerprint density at radius 2 is 1.76 bits per heavy atom. The van der Waals surface area contributed by atoms with Gasteiger partial charge in [0.2, 0.25) is 11.8 Å². The Kier molecular flexibility index (Phi) is 4.97. The van der Waals surface area contributed by atoms with Crippen LogP contribution in [0, 0.1) is 0 Å². The summed E-state index contributed by atoms with van der Waals surface area (Å²) >= 11 is 0. The van der Waals surface area contributed by atoms with E-state index in [-0.39, 0.29) is 18.2 Å². The van der Waals surface area contributed by atoms with Gasteiger partial charge in [-0.3, -0.25) is 9.59 Å². The first-order valence-corrected chi connectivity index (χ1v) is 9.69. The molecule has 2 aromatic carbocycles. The van der Waals surface area contributed by atoms with Crippen molar-refractivity contribution >= 4 is 17.5 Å². The molecule has 5 heteroatoms. The summed E-state index contributed by atoms with van der Waals surface area (Å²) in [4.78, 5) is 30.0. The SMILES string of the molecule is CN(Cc1ccco1)C(=O)C[C@@]1(Cc2ccccc2)C(=O)N(C)c2ccccc21. The number of amides is 2. The van der Waals surface area contributed by atoms with Gasteiger partial charge in [0.15, 0.2) is 0 Å². The largest absolute Gasteiger partial charge is 0.467 e. The number of carbonyl (C=O) groups excluding carboxylic acids is 2. The fourth-order valence-corrected chi connectivity index (χ4v) is 4.18. The van der Waals surface area contributed by atoms with E-state index < -0.39 is 5.41 Å². The zero-order chi connectivity index (χ0) is 20.4. The maximum absolute atomic E-state index is 13.5. The highest BCUT2D eigenvalue weighted by molar-refractivity contribution is 6.09. The number of rotatable bonds is 6. The van der Waals surface area contributed by atoms with E-state index >= 15 is 0 Å². The molecule has 0 N–H and O–H groups in total. The number of anilines is 1. The second kappa shape index (κ2) is 7.59. The molecule has 1 atom stereocenters. The monoisotopic (exact) mass is 388 g/mol. The van der Waals surface area contributed by atoms with E-state index in [1.807, 2.05) is 60.7 Å². The number of likely N-dealkylation sites (N-methyl/N-ethyl adjacent to an activating group) is 1. The van der Waals surface area contributed by atoms with Gasteiger partial charge in [0.1, 0.15) is 5.76 Å². The molecule has 148 valence electrons. The van der Waals surface area contributed by atoms with Crippen LogP contribution in [0.5, 0.6) is 0 Å². The fourth-order valence-electron chi connectivity index (χ4n) is 4.18. The predicted octanol–water partition coefficient (Wildman–Crippen LogP) is 3.79. The van der Waals surface area contributed by atoms with Crippen LogP contribution >= 0.6 is 0 Å². The first kappa shape index (κ1) is 19.0. The molecule has 0 bridgehead atoms. The van der Waals surface area contributed by atoms with Gasteiger partial charge in [0.25, 0.3) is 0 Å². The molecule has 0 unspecified atom stereocenters. The van der Waals surface area contributed by atoms with Gasteiger partial charge in [-0.05, 0) is 35.7 Å². The lowest BCUT2D eigenvalue weighted by Gasteiger charge is -2.30. The molecular weight excluding hydrogens is 364 g/mol. The van der Waals surface area contributed by atoms with Crippen molar-refractivity contribution in [3.63, 3.8) is 0 Å². The minimum atomic E-state index is -0.915. The van der Waals surface area contributed by atoms with E-state index in [1.165, 1.54) is 0 Å². The summed E-state index contributed by atoms with van der Waals surface area (Å²) in [7, 11) is 3.53. The molecule has 2 amide bonds. The molecule has 0 aliphatic carbocycles. The Morgan fingerprint density at radius 3 is 2.48 bits per heavy atom. The maximum atomic E-state index is 13.5. The first-order valence-electron chi connectivity index (χ1n) is 9.69. The Bertz CT molecular complexity index is 1010. The average molecular weight is 388 g/mol. The van der Waals surface area contributed by atoms with Crippen molar-refractivity contribution in [3.05, 3.63) is 89.9 Å². The van der Waals surface area contributed by atoms with Crippen molar-refractivity contribution in [2.45, 2.75) is 24.8 Å². The minimum Gasteiger partial charge on any atom is -0.467 e. The van der Waals surface area contributed by atoms with E-state index in [1.54, 1.807) is 36.2 Å². The van der Waals surface area contributed by atoms with Gasteiger partial charge in [-0.2, -0.15) is 0 Å². The van der Waals surface area contributed by atoms with Crippen molar-refractivity contribution in [3.8, 4) is 0 Å². The van der Waals surface area contributed by atoms with Gasteiger partial charge in [0.05, 0.1) is 18.2 Å². The van der Waals surface area contributed by atoms with Crippen LogP contribution in [0.3, 0.4) is 0 Å². The number of fused-ring (bicyclic) bond motifs is 1. The molecular formula is C24H24N2O3. The maximum Gasteiger partial charge on any atom is 0.238 e. The molecule has 0 radical (unpaired) electrons. The van der Waals surface area contributed by atoms with E-state index in [4.69, 9.17) is 4.42 Å². The van der Waals surface area contributed by atoms with Crippen LogP contribution in [0.2, 0.25) is 0 Å². The molecule has 1 aromatic heterocycles. The topological polar surface area (TPSA) is 53.8 Å². The van der Waals surface area contributed by atoms with Gasteiger partial charge in [0, 0.05) is 26.2 Å². The van der Waals surface area contributed by atoms with Gasteiger partial charge < -0.3 is 14.2 Å². The summed E-state index contributed by atoms with van der Waals surface area (Å²) in [5.74, 6) is 0.589. The standard InChI is InChI=1S/C24H24N2O3/c1-25(17-19-11-8-14-29-19)22(27)16-24(15-18-9-4-3-5-10-18)20-12-6-7-13-21(20)26(2)23(24)28/h3-14H,15-17H2,1-2H3/t24-/m1/s1. The third kappa shape index (κ3) is 3.44. The van der Waals surface area contributed by atoms with Gasteiger partial charge in [-0.1, -0.05) is 48.5 Å². The molecule has 0 fully saturated rings. The normalized spacial score (nSPS) is 18.0. The van der Waals surface area contributed by atoms with Crippen LogP contribution < -0.4 is 4.90 Å². The summed E-state index contributed by atoms with van der Waals surface area (Å²) in [5.41, 5.74) is 1.90. The molecule has 1 aliphatic heterocycles. The smallest absolute Gasteiger partial charge is 0.238 e. The highest BCUT2D eigenvalue weighted by atomic mass is 16.3. The van der Waals surface area contributed by atoms with E-state index in [0.717, 1.165) is 16.8 Å². The van der Waals surface area contributed by atoms with Crippen molar-refractivity contribution in [2.24, 2.45) is 0 Å². The molecule has 3 aromatic rings. The van der Waals surface area contributed by atoms with E-state index in [9.17, 15) is 9.59 Å². The van der Waals surface area contributed by atoms with Crippen LogP contribution in [0.4, 0.5) is 5.69 Å². The van der Waals surface area contributed by atoms with Crippen LogP contribution in [0.1, 0.15) is 23.3 Å². The molecule has 0 saturated carbocycles. The lowest BCUT2D eigenvalue weighted by molar-refractivity contribution is -0.135. The van der Waals surface area contributed by atoms with Crippen LogP contribution in [-0.4, -0.2) is 30.8 Å². The molecule has 4 rings (SSSR count). The molecule has 29 heavy (non-hydrogen) atoms. The first-order chi connectivity index (χ1) is 14.0. The number of carbonyl (C=O) groups is 2. The third-order valence-electron chi connectivity index (χ3n) is 5.70. The summed E-state index contributed by atoms with van der Waals surface area (Å²) in [6.07, 6.45) is 2.18. The molecule has 2 heterocycles. The Balaban J connectivity index is 1.70.